The predicted octanol–water partition coefficient (Wildman–Crippen LogP) is 5.49. The van der Waals surface area contributed by atoms with Crippen LogP contribution in [0.5, 0.6) is 0 Å². The molecule has 7 heteroatoms. The van der Waals surface area contributed by atoms with E-state index in [1.54, 1.807) is 19.1 Å². The third-order valence-electron chi connectivity index (χ3n) is 6.62. The fraction of sp³-hybridized carbons (Fsp3) is 0.333. The first kappa shape index (κ1) is 27.6. The molecule has 0 saturated carbocycles. The molecular weight excluding hydrogens is 464 g/mol. The first-order chi connectivity index (χ1) is 17.9. The lowest BCUT2D eigenvalue weighted by molar-refractivity contribution is -0.127. The van der Waals surface area contributed by atoms with Crippen molar-refractivity contribution in [1.82, 2.24) is 15.5 Å². The minimum absolute atomic E-state index is 0.0713. The first-order valence-corrected chi connectivity index (χ1v) is 12.7. The van der Waals surface area contributed by atoms with Crippen molar-refractivity contribution in [3.8, 4) is 0 Å². The lowest BCUT2D eigenvalue weighted by Gasteiger charge is -2.18. The first-order valence-electron chi connectivity index (χ1n) is 12.7. The predicted molar refractivity (Wildman–Crippen MR) is 148 cm³/mol. The van der Waals surface area contributed by atoms with E-state index in [9.17, 15) is 14.5 Å². The van der Waals surface area contributed by atoms with Crippen molar-refractivity contribution in [2.75, 3.05) is 13.1 Å². The standard InChI is InChI=1S/C30H36N4O3/c1-4-25(31-28-19-20-34(21-28)22(3)35)16-17-26(5-2)32-30(36)29(24-9-7-6-8-10-24)18-13-23-11-14-27(33-37)15-12-23/h4-12,14-17,28-29,31H,13,18-21H2,1-3H3,(H,32,36)/b17-16-,25-4+,26-5+. The molecule has 0 spiro atoms. The normalized spacial score (nSPS) is 17.1. The number of nitrogens with one attached hydrogen (secondary N) is 2. The lowest BCUT2D eigenvalue weighted by atomic mass is 9.91. The van der Waals surface area contributed by atoms with E-state index >= 15 is 0 Å². The van der Waals surface area contributed by atoms with Crippen LogP contribution in [0, 0.1) is 4.91 Å². The largest absolute Gasteiger partial charge is 0.381 e. The van der Waals surface area contributed by atoms with Crippen LogP contribution in [0.4, 0.5) is 5.69 Å². The van der Waals surface area contributed by atoms with E-state index in [1.165, 1.54) is 0 Å². The topological polar surface area (TPSA) is 90.9 Å². The quantitative estimate of drug-likeness (QED) is 0.315. The SMILES string of the molecule is C\C=C(/C=C\C(=C/C)NC1CCN(C(C)=O)C1)NC(=O)C(CCc1ccc(N=O)cc1)c1ccccc1. The maximum atomic E-state index is 13.4. The average molecular weight is 501 g/mol. The smallest absolute Gasteiger partial charge is 0.231 e. The molecule has 37 heavy (non-hydrogen) atoms. The Morgan fingerprint density at radius 3 is 2.30 bits per heavy atom. The summed E-state index contributed by atoms with van der Waals surface area (Å²) in [6.07, 6.45) is 9.93. The second kappa shape index (κ2) is 13.9. The summed E-state index contributed by atoms with van der Waals surface area (Å²) in [6.45, 7) is 6.92. The molecular formula is C30H36N4O3. The monoisotopic (exact) mass is 500 g/mol. The molecule has 7 nitrogen and oxygen atoms in total. The fourth-order valence-corrected chi connectivity index (χ4v) is 4.42. The molecule has 2 N–H and O–H groups in total. The molecule has 1 fully saturated rings. The number of hydrogen-bond acceptors (Lipinski definition) is 5. The Kier molecular flexibility index (Phi) is 10.4. The second-order valence-electron chi connectivity index (χ2n) is 9.17. The molecule has 2 unspecified atom stereocenters. The molecule has 0 bridgehead atoms. The van der Waals surface area contributed by atoms with Gasteiger partial charge in [-0.15, -0.1) is 4.91 Å². The van der Waals surface area contributed by atoms with Gasteiger partial charge in [0.1, 0.15) is 5.69 Å². The number of carbonyl (C=O) groups excluding carboxylic acids is 2. The third kappa shape index (κ3) is 8.27. The van der Waals surface area contributed by atoms with E-state index in [0.29, 0.717) is 30.8 Å². The molecule has 194 valence electrons. The molecule has 1 aliphatic heterocycles. The minimum atomic E-state index is -0.330. The summed E-state index contributed by atoms with van der Waals surface area (Å²) in [5, 5.41) is 9.53. The van der Waals surface area contributed by atoms with E-state index in [1.807, 2.05) is 85.5 Å². The van der Waals surface area contributed by atoms with Crippen LogP contribution in [0.1, 0.15) is 50.7 Å². The van der Waals surface area contributed by atoms with Crippen molar-refractivity contribution in [1.29, 1.82) is 0 Å². The van der Waals surface area contributed by atoms with Crippen molar-refractivity contribution in [3.05, 3.63) is 106 Å². The third-order valence-corrected chi connectivity index (χ3v) is 6.62. The Morgan fingerprint density at radius 2 is 1.70 bits per heavy atom. The van der Waals surface area contributed by atoms with Gasteiger partial charge < -0.3 is 15.5 Å². The number of nitroso groups, excluding NO2 is 1. The summed E-state index contributed by atoms with van der Waals surface area (Å²) in [6, 6.07) is 17.1. The number of nitrogens with zero attached hydrogens (tertiary/aromatic N) is 2. The maximum absolute atomic E-state index is 13.4. The summed E-state index contributed by atoms with van der Waals surface area (Å²) in [4.78, 5) is 37.6. The summed E-state index contributed by atoms with van der Waals surface area (Å²) in [5.41, 5.74) is 4.05. The zero-order chi connectivity index (χ0) is 26.6. The number of carbonyl (C=O) groups is 2. The van der Waals surface area contributed by atoms with Crippen molar-refractivity contribution in [3.63, 3.8) is 0 Å². The van der Waals surface area contributed by atoms with Crippen LogP contribution >= 0.6 is 0 Å². The van der Waals surface area contributed by atoms with Crippen LogP contribution in [-0.4, -0.2) is 35.8 Å². The van der Waals surface area contributed by atoms with Crippen molar-refractivity contribution < 1.29 is 9.59 Å². The van der Waals surface area contributed by atoms with Crippen LogP contribution in [0.15, 0.2) is 95.5 Å². The Bertz CT molecular complexity index is 1150. The van der Waals surface area contributed by atoms with Gasteiger partial charge >= 0.3 is 0 Å². The second-order valence-corrected chi connectivity index (χ2v) is 9.17. The molecule has 2 amide bonds. The Hall–Kier alpha value is -4.00. The summed E-state index contributed by atoms with van der Waals surface area (Å²) >= 11 is 0. The highest BCUT2D eigenvalue weighted by molar-refractivity contribution is 5.85. The van der Waals surface area contributed by atoms with Gasteiger partial charge in [-0.3, -0.25) is 9.59 Å². The number of rotatable bonds is 11. The number of benzene rings is 2. The Balaban J connectivity index is 1.65. The minimum Gasteiger partial charge on any atom is -0.381 e. The van der Waals surface area contributed by atoms with Gasteiger partial charge in [-0.1, -0.05) is 54.6 Å². The summed E-state index contributed by atoms with van der Waals surface area (Å²) in [7, 11) is 0. The van der Waals surface area contributed by atoms with Gasteiger partial charge in [-0.05, 0) is 73.7 Å². The highest BCUT2D eigenvalue weighted by Crippen LogP contribution is 2.24. The molecule has 1 heterocycles. The van der Waals surface area contributed by atoms with Crippen LogP contribution in [0.3, 0.4) is 0 Å². The average Bonchev–Trinajstić information content (AvgIpc) is 3.40. The van der Waals surface area contributed by atoms with E-state index in [2.05, 4.69) is 15.8 Å². The highest BCUT2D eigenvalue weighted by Gasteiger charge is 2.24. The van der Waals surface area contributed by atoms with Gasteiger partial charge in [0.05, 0.1) is 5.92 Å². The van der Waals surface area contributed by atoms with Crippen molar-refractivity contribution in [2.45, 2.75) is 52.0 Å². The molecule has 1 aliphatic rings. The fourth-order valence-electron chi connectivity index (χ4n) is 4.42. The van der Waals surface area contributed by atoms with E-state index < -0.39 is 0 Å². The van der Waals surface area contributed by atoms with Crippen molar-refractivity contribution in [2.24, 2.45) is 5.18 Å². The van der Waals surface area contributed by atoms with Gasteiger partial charge in [0.2, 0.25) is 11.8 Å². The molecule has 2 aromatic carbocycles. The Morgan fingerprint density at radius 1 is 1.03 bits per heavy atom. The molecule has 2 atom stereocenters. The number of hydrogen-bond donors (Lipinski definition) is 2. The Labute approximate surface area is 219 Å². The maximum Gasteiger partial charge on any atom is 0.231 e. The van der Waals surface area contributed by atoms with Crippen LogP contribution in [0.25, 0.3) is 0 Å². The highest BCUT2D eigenvalue weighted by atomic mass is 16.3. The number of aryl methyl sites for hydroxylation is 1. The van der Waals surface area contributed by atoms with Gasteiger partial charge in [0.15, 0.2) is 0 Å². The molecule has 3 rings (SSSR count). The van der Waals surface area contributed by atoms with Gasteiger partial charge in [0.25, 0.3) is 0 Å². The molecule has 0 aliphatic carbocycles. The molecule has 0 radical (unpaired) electrons. The van der Waals surface area contributed by atoms with Crippen LogP contribution in [0.2, 0.25) is 0 Å². The van der Waals surface area contributed by atoms with Gasteiger partial charge in [-0.25, -0.2) is 0 Å². The van der Waals surface area contributed by atoms with E-state index in [-0.39, 0.29) is 23.8 Å². The zero-order valence-corrected chi connectivity index (χ0v) is 21.8. The number of amides is 2. The summed E-state index contributed by atoms with van der Waals surface area (Å²) in [5.74, 6) is -0.300. The van der Waals surface area contributed by atoms with Crippen LogP contribution < -0.4 is 10.6 Å². The number of likely N-dealkylation sites (tertiary alicyclic amines) is 1. The summed E-state index contributed by atoms with van der Waals surface area (Å²) < 4.78 is 0. The lowest BCUT2D eigenvalue weighted by Crippen LogP contribution is -2.33. The zero-order valence-electron chi connectivity index (χ0n) is 21.8. The van der Waals surface area contributed by atoms with E-state index in [0.717, 1.165) is 29.8 Å². The molecule has 2 aromatic rings. The number of allylic oxidation sites excluding steroid dienone is 4. The van der Waals surface area contributed by atoms with Crippen molar-refractivity contribution >= 4 is 17.5 Å². The molecule has 0 aromatic heterocycles. The molecule has 1 saturated heterocycles. The van der Waals surface area contributed by atoms with Gasteiger partial charge in [0, 0.05) is 37.4 Å². The van der Waals surface area contributed by atoms with Gasteiger partial charge in [-0.2, -0.15) is 0 Å². The van der Waals surface area contributed by atoms with Crippen LogP contribution in [-0.2, 0) is 16.0 Å². The van der Waals surface area contributed by atoms with E-state index in [4.69, 9.17) is 0 Å².